The van der Waals surface area contributed by atoms with Gasteiger partial charge in [0.25, 0.3) is 0 Å². The van der Waals surface area contributed by atoms with Crippen LogP contribution in [0.2, 0.25) is 0 Å². The molecular formula is C10H20N2. The first-order valence-corrected chi connectivity index (χ1v) is 4.72. The van der Waals surface area contributed by atoms with E-state index in [1.165, 1.54) is 18.7 Å². The van der Waals surface area contributed by atoms with E-state index in [1.54, 1.807) is 0 Å². The highest BCUT2D eigenvalue weighted by Gasteiger charge is 2.25. The van der Waals surface area contributed by atoms with Crippen LogP contribution in [0.3, 0.4) is 0 Å². The maximum atomic E-state index is 4.33. The molecule has 0 unspecified atom stereocenters. The fraction of sp³-hybridized carbons (Fsp3) is 0.900. The molecule has 0 N–H and O–H groups in total. The first kappa shape index (κ1) is 9.56. The minimum Gasteiger partial charge on any atom is -0.363 e. The van der Waals surface area contributed by atoms with Crippen molar-refractivity contribution >= 4 is 5.84 Å². The average molecular weight is 168 g/mol. The van der Waals surface area contributed by atoms with Crippen molar-refractivity contribution in [2.75, 3.05) is 20.6 Å². The second-order valence-corrected chi connectivity index (χ2v) is 4.51. The van der Waals surface area contributed by atoms with Crippen LogP contribution in [0.25, 0.3) is 0 Å². The molecule has 1 heterocycles. The smallest absolute Gasteiger partial charge is 0.0988 e. The molecular weight excluding hydrogens is 148 g/mol. The van der Waals surface area contributed by atoms with E-state index in [0.717, 1.165) is 13.0 Å². The summed E-state index contributed by atoms with van der Waals surface area (Å²) in [6, 6.07) is 0. The van der Waals surface area contributed by atoms with Crippen molar-refractivity contribution in [3.8, 4) is 0 Å². The van der Waals surface area contributed by atoms with Crippen LogP contribution in [-0.2, 0) is 0 Å². The molecule has 0 atom stereocenters. The summed E-state index contributed by atoms with van der Waals surface area (Å²) >= 11 is 0. The molecule has 1 rings (SSSR count). The summed E-state index contributed by atoms with van der Waals surface area (Å²) in [7, 11) is 4.04. The number of hydrogen-bond donors (Lipinski definition) is 0. The van der Waals surface area contributed by atoms with Gasteiger partial charge >= 0.3 is 0 Å². The van der Waals surface area contributed by atoms with Gasteiger partial charge in [0.2, 0.25) is 0 Å². The van der Waals surface area contributed by atoms with Crippen LogP contribution in [0.15, 0.2) is 4.99 Å². The van der Waals surface area contributed by atoms with E-state index in [-0.39, 0.29) is 0 Å². The highest BCUT2D eigenvalue weighted by Crippen LogP contribution is 2.30. The third-order valence-corrected chi connectivity index (χ3v) is 2.68. The number of hydrogen-bond acceptors (Lipinski definition) is 1. The van der Waals surface area contributed by atoms with Crippen LogP contribution in [0, 0.1) is 5.41 Å². The molecule has 0 saturated carbocycles. The number of amidine groups is 1. The van der Waals surface area contributed by atoms with Crippen molar-refractivity contribution in [3.05, 3.63) is 0 Å². The molecule has 0 aliphatic carbocycles. The summed E-state index contributed by atoms with van der Waals surface area (Å²) in [5.41, 5.74) is 0.444. The van der Waals surface area contributed by atoms with E-state index in [2.05, 4.69) is 30.8 Å². The molecule has 0 amide bonds. The zero-order chi connectivity index (χ0) is 9.19. The monoisotopic (exact) mass is 168 g/mol. The predicted octanol–water partition coefficient (Wildman–Crippen LogP) is 2.16. The molecule has 1 fully saturated rings. The van der Waals surface area contributed by atoms with Crippen LogP contribution in [0.1, 0.15) is 33.1 Å². The fourth-order valence-electron chi connectivity index (χ4n) is 1.82. The van der Waals surface area contributed by atoms with Crippen molar-refractivity contribution in [2.45, 2.75) is 33.1 Å². The summed E-state index contributed by atoms with van der Waals surface area (Å²) in [5, 5.41) is 0. The Bertz CT molecular complexity index is 182. The summed E-state index contributed by atoms with van der Waals surface area (Å²) < 4.78 is 0. The van der Waals surface area contributed by atoms with Gasteiger partial charge in [0, 0.05) is 27.1 Å². The van der Waals surface area contributed by atoms with Gasteiger partial charge in [-0.25, -0.2) is 0 Å². The summed E-state index contributed by atoms with van der Waals surface area (Å²) in [5.74, 6) is 1.26. The van der Waals surface area contributed by atoms with Gasteiger partial charge in [0.1, 0.15) is 0 Å². The SMILES string of the molecule is C/N=C1\CC(C)(C)CCCN1C. The maximum absolute atomic E-state index is 4.33. The standard InChI is InChI=1S/C10H20N2/c1-10(2)6-5-7-12(4)9(8-10)11-3/h5-8H2,1-4H3/b11-9+. The first-order valence-electron chi connectivity index (χ1n) is 4.72. The van der Waals surface area contributed by atoms with Gasteiger partial charge in [-0.3, -0.25) is 4.99 Å². The van der Waals surface area contributed by atoms with Crippen LogP contribution in [-0.4, -0.2) is 31.4 Å². The highest BCUT2D eigenvalue weighted by atomic mass is 15.2. The Morgan fingerprint density at radius 3 is 2.67 bits per heavy atom. The summed E-state index contributed by atoms with van der Waals surface area (Å²) in [6.07, 6.45) is 3.74. The van der Waals surface area contributed by atoms with E-state index in [9.17, 15) is 0 Å². The molecule has 0 aromatic carbocycles. The van der Waals surface area contributed by atoms with Crippen LogP contribution >= 0.6 is 0 Å². The minimum atomic E-state index is 0.444. The van der Waals surface area contributed by atoms with Crippen LogP contribution in [0.4, 0.5) is 0 Å². The van der Waals surface area contributed by atoms with Crippen LogP contribution < -0.4 is 0 Å². The molecule has 0 radical (unpaired) electrons. The maximum Gasteiger partial charge on any atom is 0.0988 e. The van der Waals surface area contributed by atoms with Crippen molar-refractivity contribution in [2.24, 2.45) is 10.4 Å². The average Bonchev–Trinajstić information content (AvgIpc) is 2.10. The Labute approximate surface area is 75.7 Å². The lowest BCUT2D eigenvalue weighted by molar-refractivity contribution is 0.350. The molecule has 12 heavy (non-hydrogen) atoms. The molecule has 0 spiro atoms. The molecule has 1 aliphatic heterocycles. The van der Waals surface area contributed by atoms with E-state index in [4.69, 9.17) is 0 Å². The van der Waals surface area contributed by atoms with Gasteiger partial charge in [-0.15, -0.1) is 0 Å². The van der Waals surface area contributed by atoms with E-state index in [1.807, 2.05) is 7.05 Å². The van der Waals surface area contributed by atoms with Crippen molar-refractivity contribution in [1.29, 1.82) is 0 Å². The fourth-order valence-corrected chi connectivity index (χ4v) is 1.82. The topological polar surface area (TPSA) is 15.6 Å². The zero-order valence-electron chi connectivity index (χ0n) is 8.72. The van der Waals surface area contributed by atoms with Gasteiger partial charge in [-0.2, -0.15) is 0 Å². The Morgan fingerprint density at radius 1 is 1.42 bits per heavy atom. The lowest BCUT2D eigenvalue weighted by Crippen LogP contribution is -2.27. The third-order valence-electron chi connectivity index (χ3n) is 2.68. The normalized spacial score (nSPS) is 27.3. The van der Waals surface area contributed by atoms with Gasteiger partial charge < -0.3 is 4.90 Å². The quantitative estimate of drug-likeness (QED) is 0.541. The summed E-state index contributed by atoms with van der Waals surface area (Å²) in [4.78, 5) is 6.61. The zero-order valence-corrected chi connectivity index (χ0v) is 8.72. The molecule has 2 nitrogen and oxygen atoms in total. The molecule has 2 heteroatoms. The molecule has 1 aliphatic rings. The second kappa shape index (κ2) is 3.46. The largest absolute Gasteiger partial charge is 0.363 e. The second-order valence-electron chi connectivity index (χ2n) is 4.51. The van der Waals surface area contributed by atoms with Gasteiger partial charge in [-0.05, 0) is 18.3 Å². The molecule has 0 aromatic heterocycles. The molecule has 1 saturated heterocycles. The Morgan fingerprint density at radius 2 is 2.08 bits per heavy atom. The lowest BCUT2D eigenvalue weighted by atomic mass is 9.85. The lowest BCUT2D eigenvalue weighted by Gasteiger charge is -2.23. The van der Waals surface area contributed by atoms with Crippen molar-refractivity contribution in [3.63, 3.8) is 0 Å². The number of rotatable bonds is 0. The first-order chi connectivity index (χ1) is 5.55. The highest BCUT2D eigenvalue weighted by molar-refractivity contribution is 5.82. The predicted molar refractivity (Wildman–Crippen MR) is 53.6 cm³/mol. The summed E-state index contributed by atoms with van der Waals surface area (Å²) in [6.45, 7) is 5.82. The molecule has 0 bridgehead atoms. The number of aliphatic imine (C=N–C) groups is 1. The van der Waals surface area contributed by atoms with Crippen molar-refractivity contribution < 1.29 is 0 Å². The Balaban J connectivity index is 2.73. The molecule has 70 valence electrons. The minimum absolute atomic E-state index is 0.444. The van der Waals surface area contributed by atoms with Gasteiger partial charge in [-0.1, -0.05) is 13.8 Å². The molecule has 0 aromatic rings. The third kappa shape index (κ3) is 2.23. The Hall–Kier alpha value is -0.530. The number of nitrogens with zero attached hydrogens (tertiary/aromatic N) is 2. The Kier molecular flexibility index (Phi) is 2.76. The van der Waals surface area contributed by atoms with Gasteiger partial charge in [0.15, 0.2) is 0 Å². The van der Waals surface area contributed by atoms with E-state index >= 15 is 0 Å². The van der Waals surface area contributed by atoms with Crippen molar-refractivity contribution in [1.82, 2.24) is 4.90 Å². The number of likely N-dealkylation sites (tertiary alicyclic amines) is 1. The van der Waals surface area contributed by atoms with Crippen LogP contribution in [0.5, 0.6) is 0 Å². The van der Waals surface area contributed by atoms with Gasteiger partial charge in [0.05, 0.1) is 5.84 Å². The van der Waals surface area contributed by atoms with E-state index in [0.29, 0.717) is 5.41 Å². The van der Waals surface area contributed by atoms with E-state index < -0.39 is 0 Å².